The van der Waals surface area contributed by atoms with Crippen molar-refractivity contribution in [2.24, 2.45) is 0 Å². The molecule has 0 amide bonds. The van der Waals surface area contributed by atoms with E-state index in [0.717, 1.165) is 37.6 Å². The van der Waals surface area contributed by atoms with Gasteiger partial charge in [-0.25, -0.2) is 4.98 Å². The molecule has 1 aromatic carbocycles. The second-order valence-corrected chi connectivity index (χ2v) is 7.16. The minimum absolute atomic E-state index is 0.261. The van der Waals surface area contributed by atoms with Crippen molar-refractivity contribution in [2.45, 2.75) is 0 Å². The minimum Gasteiger partial charge on any atom is -0.382 e. The zero-order valence-electron chi connectivity index (χ0n) is 14.9. The lowest BCUT2D eigenvalue weighted by atomic mass is 10.1. The summed E-state index contributed by atoms with van der Waals surface area (Å²) < 4.78 is 1.27. The number of aromatic amines is 1. The molecule has 3 aromatic heterocycles. The summed E-state index contributed by atoms with van der Waals surface area (Å²) in [6.45, 7) is 3.74. The molecule has 0 aliphatic carbocycles. The SMILES string of the molecule is Nc1nn2c(=O)c3c(Cl)cccc3[nH]c2c1-c1ccc(N2CCNCC2)nc1. The van der Waals surface area contributed by atoms with Crippen LogP contribution in [0.1, 0.15) is 0 Å². The van der Waals surface area contributed by atoms with E-state index in [1.165, 1.54) is 4.52 Å². The van der Waals surface area contributed by atoms with Crippen LogP contribution in [0.4, 0.5) is 11.6 Å². The number of H-pyrrole nitrogens is 1. The van der Waals surface area contributed by atoms with Crippen molar-refractivity contribution in [2.75, 3.05) is 36.8 Å². The predicted molar refractivity (Wildman–Crippen MR) is 111 cm³/mol. The summed E-state index contributed by atoms with van der Waals surface area (Å²) in [6, 6.07) is 9.21. The summed E-state index contributed by atoms with van der Waals surface area (Å²) in [6.07, 6.45) is 1.77. The highest BCUT2D eigenvalue weighted by Gasteiger charge is 2.19. The standard InChI is InChI=1S/C19H18ClN7O/c20-12-2-1-3-13-16(12)19(28)27-18(24-13)15(17(21)25-27)11-4-5-14(23-10-11)26-8-6-22-7-9-26/h1-5,10,22,24H,6-9H2,(H2,21,25). The summed E-state index contributed by atoms with van der Waals surface area (Å²) in [5.41, 5.74) is 8.46. The van der Waals surface area contributed by atoms with Crippen LogP contribution in [0.3, 0.4) is 0 Å². The van der Waals surface area contributed by atoms with Gasteiger partial charge in [-0.1, -0.05) is 17.7 Å². The van der Waals surface area contributed by atoms with E-state index in [1.54, 1.807) is 24.4 Å². The number of aromatic nitrogens is 4. The fraction of sp³-hybridized carbons (Fsp3) is 0.211. The van der Waals surface area contributed by atoms with Gasteiger partial charge in [0.2, 0.25) is 0 Å². The first-order valence-corrected chi connectivity index (χ1v) is 9.42. The van der Waals surface area contributed by atoms with E-state index in [1.807, 2.05) is 12.1 Å². The Morgan fingerprint density at radius 1 is 1.14 bits per heavy atom. The van der Waals surface area contributed by atoms with Crippen LogP contribution in [0.2, 0.25) is 5.02 Å². The summed E-state index contributed by atoms with van der Waals surface area (Å²) in [5, 5.41) is 8.33. The van der Waals surface area contributed by atoms with Crippen LogP contribution in [0, 0.1) is 0 Å². The predicted octanol–water partition coefficient (Wildman–Crippen LogP) is 1.88. The number of piperazine rings is 1. The van der Waals surface area contributed by atoms with Gasteiger partial charge in [-0.2, -0.15) is 4.52 Å². The largest absolute Gasteiger partial charge is 0.382 e. The fourth-order valence-corrected chi connectivity index (χ4v) is 3.93. The monoisotopic (exact) mass is 395 g/mol. The minimum atomic E-state index is -0.308. The van der Waals surface area contributed by atoms with Gasteiger partial charge in [-0.15, -0.1) is 5.10 Å². The van der Waals surface area contributed by atoms with E-state index in [0.29, 0.717) is 27.1 Å². The molecule has 0 atom stereocenters. The molecule has 1 aliphatic heterocycles. The normalized spacial score (nSPS) is 14.8. The third-order valence-corrected chi connectivity index (χ3v) is 5.38. The lowest BCUT2D eigenvalue weighted by Crippen LogP contribution is -2.43. The van der Waals surface area contributed by atoms with Gasteiger partial charge in [0.15, 0.2) is 5.82 Å². The highest BCUT2D eigenvalue weighted by Crippen LogP contribution is 2.30. The van der Waals surface area contributed by atoms with Crippen LogP contribution >= 0.6 is 11.6 Å². The van der Waals surface area contributed by atoms with E-state index in [4.69, 9.17) is 17.3 Å². The summed E-state index contributed by atoms with van der Waals surface area (Å²) in [5.74, 6) is 1.18. The number of pyridine rings is 1. The van der Waals surface area contributed by atoms with Gasteiger partial charge in [-0.3, -0.25) is 4.79 Å². The third kappa shape index (κ3) is 2.61. The quantitative estimate of drug-likeness (QED) is 0.478. The van der Waals surface area contributed by atoms with Crippen molar-refractivity contribution in [3.8, 4) is 11.1 Å². The van der Waals surface area contributed by atoms with Crippen LogP contribution in [0.5, 0.6) is 0 Å². The van der Waals surface area contributed by atoms with Crippen molar-refractivity contribution >= 4 is 39.8 Å². The van der Waals surface area contributed by atoms with E-state index >= 15 is 0 Å². The first kappa shape index (κ1) is 17.0. The smallest absolute Gasteiger partial charge is 0.283 e. The number of halogens is 1. The van der Waals surface area contributed by atoms with Crippen LogP contribution in [0.15, 0.2) is 41.3 Å². The molecule has 1 aliphatic rings. The van der Waals surface area contributed by atoms with E-state index in [9.17, 15) is 4.79 Å². The van der Waals surface area contributed by atoms with Crippen molar-refractivity contribution in [3.63, 3.8) is 0 Å². The Balaban J connectivity index is 1.65. The van der Waals surface area contributed by atoms with Gasteiger partial charge in [0, 0.05) is 37.9 Å². The first-order chi connectivity index (χ1) is 13.6. The highest BCUT2D eigenvalue weighted by molar-refractivity contribution is 6.35. The van der Waals surface area contributed by atoms with Gasteiger partial charge < -0.3 is 20.9 Å². The number of nitrogens with zero attached hydrogens (tertiary/aromatic N) is 4. The van der Waals surface area contributed by atoms with E-state index in [2.05, 4.69) is 25.3 Å². The molecule has 9 heteroatoms. The number of rotatable bonds is 2. The molecule has 0 unspecified atom stereocenters. The van der Waals surface area contributed by atoms with Gasteiger partial charge in [-0.05, 0) is 24.3 Å². The van der Waals surface area contributed by atoms with Crippen molar-refractivity contribution < 1.29 is 0 Å². The van der Waals surface area contributed by atoms with Crippen molar-refractivity contribution in [3.05, 3.63) is 51.9 Å². The Kier molecular flexibility index (Phi) is 3.96. The second-order valence-electron chi connectivity index (χ2n) is 6.76. The summed E-state index contributed by atoms with van der Waals surface area (Å²) >= 11 is 6.21. The Labute approximate surface area is 164 Å². The summed E-state index contributed by atoms with van der Waals surface area (Å²) in [7, 11) is 0. The molecule has 0 radical (unpaired) electrons. The number of hydrogen-bond acceptors (Lipinski definition) is 6. The highest BCUT2D eigenvalue weighted by atomic mass is 35.5. The molecule has 4 heterocycles. The maximum absolute atomic E-state index is 12.9. The first-order valence-electron chi connectivity index (χ1n) is 9.04. The molecular weight excluding hydrogens is 378 g/mol. The van der Waals surface area contributed by atoms with Crippen molar-refractivity contribution in [1.82, 2.24) is 24.9 Å². The van der Waals surface area contributed by atoms with Crippen LogP contribution < -0.4 is 21.5 Å². The molecule has 0 saturated carbocycles. The fourth-order valence-electron chi connectivity index (χ4n) is 3.68. The number of benzene rings is 1. The van der Waals surface area contributed by atoms with Crippen LogP contribution in [-0.2, 0) is 0 Å². The Bertz CT molecular complexity index is 1240. The Hall–Kier alpha value is -3.10. The lowest BCUT2D eigenvalue weighted by Gasteiger charge is -2.28. The molecule has 0 spiro atoms. The van der Waals surface area contributed by atoms with Gasteiger partial charge in [0.05, 0.1) is 21.5 Å². The molecule has 4 aromatic rings. The topological polar surface area (TPSA) is 104 Å². The number of hydrogen-bond donors (Lipinski definition) is 3. The Morgan fingerprint density at radius 3 is 2.71 bits per heavy atom. The zero-order valence-corrected chi connectivity index (χ0v) is 15.7. The molecule has 5 rings (SSSR count). The molecule has 0 bridgehead atoms. The van der Waals surface area contributed by atoms with Gasteiger partial charge in [0.25, 0.3) is 5.56 Å². The van der Waals surface area contributed by atoms with Crippen molar-refractivity contribution in [1.29, 1.82) is 0 Å². The van der Waals surface area contributed by atoms with Gasteiger partial charge >= 0.3 is 0 Å². The second kappa shape index (κ2) is 6.50. The maximum Gasteiger partial charge on any atom is 0.283 e. The number of nitrogen functional groups attached to an aromatic ring is 1. The number of fused-ring (bicyclic) bond motifs is 2. The number of nitrogens with one attached hydrogen (secondary N) is 2. The molecule has 4 N–H and O–H groups in total. The summed E-state index contributed by atoms with van der Waals surface area (Å²) in [4.78, 5) is 23.0. The average molecular weight is 396 g/mol. The van der Waals surface area contributed by atoms with Crippen LogP contribution in [0.25, 0.3) is 27.7 Å². The number of nitrogens with two attached hydrogens (primary N) is 1. The average Bonchev–Trinajstić information content (AvgIpc) is 3.05. The molecule has 1 fully saturated rings. The third-order valence-electron chi connectivity index (χ3n) is 5.06. The molecule has 142 valence electrons. The van der Waals surface area contributed by atoms with E-state index < -0.39 is 0 Å². The molecular formula is C19H18ClN7O. The molecule has 28 heavy (non-hydrogen) atoms. The zero-order chi connectivity index (χ0) is 19.3. The molecule has 8 nitrogen and oxygen atoms in total. The molecule has 1 saturated heterocycles. The van der Waals surface area contributed by atoms with E-state index in [-0.39, 0.29) is 11.4 Å². The van der Waals surface area contributed by atoms with Crippen LogP contribution in [-0.4, -0.2) is 45.8 Å². The Morgan fingerprint density at radius 2 is 1.96 bits per heavy atom. The van der Waals surface area contributed by atoms with Gasteiger partial charge in [0.1, 0.15) is 11.5 Å². The maximum atomic E-state index is 12.9. The lowest BCUT2D eigenvalue weighted by molar-refractivity contribution is 0.585. The number of anilines is 2.